The third kappa shape index (κ3) is 3.80. The molecule has 0 unspecified atom stereocenters. The molecule has 8 heteroatoms. The highest BCUT2D eigenvalue weighted by Crippen LogP contribution is 2.32. The van der Waals surface area contributed by atoms with Gasteiger partial charge in [-0.15, -0.1) is 0 Å². The first kappa shape index (κ1) is 17.2. The molecule has 1 fully saturated rings. The van der Waals surface area contributed by atoms with Crippen molar-refractivity contribution < 1.29 is 31.9 Å². The van der Waals surface area contributed by atoms with Gasteiger partial charge in [0.05, 0.1) is 24.2 Å². The molecule has 0 saturated heterocycles. The van der Waals surface area contributed by atoms with E-state index in [-0.39, 0.29) is 5.92 Å². The lowest BCUT2D eigenvalue weighted by atomic mass is 10.1. The number of nitrogens with one attached hydrogen (secondary N) is 1. The zero-order chi connectivity index (χ0) is 17.2. The van der Waals surface area contributed by atoms with Crippen LogP contribution in [0.2, 0.25) is 0 Å². The lowest BCUT2D eigenvalue weighted by Crippen LogP contribution is -2.34. The molecule has 1 aliphatic carbocycles. The molecule has 0 spiro atoms. The van der Waals surface area contributed by atoms with Crippen LogP contribution in [0.5, 0.6) is 0 Å². The molecule has 1 saturated carbocycles. The Kier molecular flexibility index (Phi) is 4.91. The number of carbonyl (C=O) groups excluding carboxylic acids is 2. The summed E-state index contributed by atoms with van der Waals surface area (Å²) in [5.41, 5.74) is -2.15. The summed E-state index contributed by atoms with van der Waals surface area (Å²) in [6.45, 7) is 0. The zero-order valence-corrected chi connectivity index (χ0v) is 12.2. The van der Waals surface area contributed by atoms with Crippen LogP contribution in [0.1, 0.15) is 35.2 Å². The second-order valence-electron chi connectivity index (χ2n) is 5.37. The molecular formula is C15H15F4NO3. The Hall–Kier alpha value is -2.12. The van der Waals surface area contributed by atoms with Gasteiger partial charge in [-0.3, -0.25) is 9.59 Å². The predicted octanol–water partition coefficient (Wildman–Crippen LogP) is 2.92. The van der Waals surface area contributed by atoms with Crippen LogP contribution in [0.3, 0.4) is 0 Å². The van der Waals surface area contributed by atoms with E-state index in [0.717, 1.165) is 12.1 Å². The molecule has 4 nitrogen and oxygen atoms in total. The fraction of sp³-hybridized carbons (Fsp3) is 0.467. The molecule has 0 aromatic heterocycles. The summed E-state index contributed by atoms with van der Waals surface area (Å²) in [5, 5.41) is 2.47. The van der Waals surface area contributed by atoms with Gasteiger partial charge in [0.1, 0.15) is 5.82 Å². The van der Waals surface area contributed by atoms with Crippen LogP contribution < -0.4 is 5.32 Å². The molecule has 1 aliphatic rings. The van der Waals surface area contributed by atoms with Gasteiger partial charge < -0.3 is 10.1 Å². The lowest BCUT2D eigenvalue weighted by molar-refractivity contribution is -0.145. The van der Waals surface area contributed by atoms with Crippen molar-refractivity contribution >= 4 is 11.9 Å². The van der Waals surface area contributed by atoms with E-state index in [1.165, 1.54) is 7.11 Å². The maximum Gasteiger partial charge on any atom is 0.419 e. The smallest absolute Gasteiger partial charge is 0.419 e. The van der Waals surface area contributed by atoms with E-state index in [2.05, 4.69) is 10.1 Å². The van der Waals surface area contributed by atoms with Gasteiger partial charge in [-0.1, -0.05) is 6.07 Å². The Morgan fingerprint density at radius 1 is 1.26 bits per heavy atom. The maximum atomic E-state index is 13.9. The SMILES string of the molecule is COC(=O)[C@@H]1CC[C@@H](NC(=O)c2cccc(C(F)(F)F)c2F)C1. The van der Waals surface area contributed by atoms with Crippen LogP contribution in [0.4, 0.5) is 17.6 Å². The second kappa shape index (κ2) is 6.55. The molecule has 2 rings (SSSR count). The van der Waals surface area contributed by atoms with Crippen molar-refractivity contribution in [2.75, 3.05) is 7.11 Å². The van der Waals surface area contributed by atoms with Gasteiger partial charge in [-0.05, 0) is 31.4 Å². The Morgan fingerprint density at radius 2 is 1.96 bits per heavy atom. The highest BCUT2D eigenvalue weighted by atomic mass is 19.4. The summed E-state index contributed by atoms with van der Waals surface area (Å²) < 4.78 is 56.5. The van der Waals surface area contributed by atoms with Crippen LogP contribution in [0.25, 0.3) is 0 Å². The molecular weight excluding hydrogens is 318 g/mol. The van der Waals surface area contributed by atoms with Crippen LogP contribution in [0.15, 0.2) is 18.2 Å². The minimum absolute atomic E-state index is 0.318. The average molecular weight is 333 g/mol. The van der Waals surface area contributed by atoms with Crippen molar-refractivity contribution in [3.05, 3.63) is 35.1 Å². The van der Waals surface area contributed by atoms with Gasteiger partial charge in [0.2, 0.25) is 0 Å². The second-order valence-corrected chi connectivity index (χ2v) is 5.37. The van der Waals surface area contributed by atoms with Crippen molar-refractivity contribution in [1.82, 2.24) is 5.32 Å². The van der Waals surface area contributed by atoms with Crippen LogP contribution in [-0.2, 0) is 15.7 Å². The number of carbonyl (C=O) groups is 2. The number of ether oxygens (including phenoxy) is 1. The number of amides is 1. The van der Waals surface area contributed by atoms with Crippen molar-refractivity contribution in [2.24, 2.45) is 5.92 Å². The Balaban J connectivity index is 2.09. The van der Waals surface area contributed by atoms with Gasteiger partial charge in [-0.25, -0.2) is 4.39 Å². The van der Waals surface area contributed by atoms with Crippen molar-refractivity contribution in [3.63, 3.8) is 0 Å². The number of halogens is 4. The topological polar surface area (TPSA) is 55.4 Å². The maximum absolute atomic E-state index is 13.9. The monoisotopic (exact) mass is 333 g/mol. The molecule has 1 aromatic carbocycles. The molecule has 23 heavy (non-hydrogen) atoms. The van der Waals surface area contributed by atoms with Crippen LogP contribution >= 0.6 is 0 Å². The van der Waals surface area contributed by atoms with Gasteiger partial charge in [0.25, 0.3) is 5.91 Å². The van der Waals surface area contributed by atoms with Gasteiger partial charge in [0.15, 0.2) is 0 Å². The van der Waals surface area contributed by atoms with Crippen molar-refractivity contribution in [2.45, 2.75) is 31.5 Å². The summed E-state index contributed by atoms with van der Waals surface area (Å²) in [4.78, 5) is 23.4. The predicted molar refractivity (Wildman–Crippen MR) is 72.0 cm³/mol. The zero-order valence-electron chi connectivity index (χ0n) is 12.2. The van der Waals surface area contributed by atoms with Crippen LogP contribution in [0, 0.1) is 11.7 Å². The molecule has 0 radical (unpaired) electrons. The molecule has 0 heterocycles. The van der Waals surface area contributed by atoms with Crippen molar-refractivity contribution in [3.8, 4) is 0 Å². The molecule has 0 aliphatic heterocycles. The van der Waals surface area contributed by atoms with E-state index in [9.17, 15) is 27.2 Å². The Bertz CT molecular complexity index is 615. The normalized spacial score (nSPS) is 21.1. The number of rotatable bonds is 3. The quantitative estimate of drug-likeness (QED) is 0.683. The first-order chi connectivity index (χ1) is 10.7. The third-order valence-corrected chi connectivity index (χ3v) is 3.85. The molecule has 1 amide bonds. The van der Waals surface area contributed by atoms with E-state index in [1.807, 2.05) is 0 Å². The lowest BCUT2D eigenvalue weighted by Gasteiger charge is -2.15. The number of esters is 1. The summed E-state index contributed by atoms with van der Waals surface area (Å²) >= 11 is 0. The van der Waals surface area contributed by atoms with E-state index < -0.39 is 41.0 Å². The number of alkyl halides is 3. The van der Waals surface area contributed by atoms with Gasteiger partial charge >= 0.3 is 12.1 Å². The third-order valence-electron chi connectivity index (χ3n) is 3.85. The molecule has 0 bridgehead atoms. The van der Waals surface area contributed by atoms with E-state index in [1.54, 1.807) is 0 Å². The number of hydrogen-bond acceptors (Lipinski definition) is 3. The van der Waals surface area contributed by atoms with Gasteiger partial charge in [0, 0.05) is 6.04 Å². The first-order valence-corrected chi connectivity index (χ1v) is 6.98. The number of methoxy groups -OCH3 is 1. The highest BCUT2D eigenvalue weighted by molar-refractivity contribution is 5.95. The molecule has 126 valence electrons. The highest BCUT2D eigenvalue weighted by Gasteiger charge is 2.36. The van der Waals surface area contributed by atoms with E-state index >= 15 is 0 Å². The Labute approximate surface area is 129 Å². The largest absolute Gasteiger partial charge is 0.469 e. The number of benzene rings is 1. The summed E-state index contributed by atoms with van der Waals surface area (Å²) in [6.07, 6.45) is -3.57. The minimum Gasteiger partial charge on any atom is -0.469 e. The van der Waals surface area contributed by atoms with E-state index in [4.69, 9.17) is 0 Å². The van der Waals surface area contributed by atoms with Crippen LogP contribution in [-0.4, -0.2) is 25.0 Å². The first-order valence-electron chi connectivity index (χ1n) is 6.98. The summed E-state index contributed by atoms with van der Waals surface area (Å²) in [7, 11) is 1.26. The summed E-state index contributed by atoms with van der Waals surface area (Å²) in [5.74, 6) is -3.28. The molecule has 1 aromatic rings. The summed E-state index contributed by atoms with van der Waals surface area (Å²) in [6, 6.07) is 2.15. The fourth-order valence-corrected chi connectivity index (χ4v) is 2.68. The van der Waals surface area contributed by atoms with Crippen molar-refractivity contribution in [1.29, 1.82) is 0 Å². The van der Waals surface area contributed by atoms with Gasteiger partial charge in [-0.2, -0.15) is 13.2 Å². The van der Waals surface area contributed by atoms with E-state index in [0.29, 0.717) is 25.3 Å². The number of hydrogen-bond donors (Lipinski definition) is 1. The standard InChI is InChI=1S/C15H15F4NO3/c1-23-14(22)8-5-6-9(7-8)20-13(21)10-3-2-4-11(12(10)16)15(17,18)19/h2-4,8-9H,5-7H2,1H3,(H,20,21)/t8-,9-/m1/s1. The molecule has 2 atom stereocenters. The average Bonchev–Trinajstić information content (AvgIpc) is 2.93. The Morgan fingerprint density at radius 3 is 2.57 bits per heavy atom. The molecule has 1 N–H and O–H groups in total. The minimum atomic E-state index is -4.87. The fourth-order valence-electron chi connectivity index (χ4n) is 2.68.